The molecule has 0 radical (unpaired) electrons. The summed E-state index contributed by atoms with van der Waals surface area (Å²) < 4.78 is 27.7. The Labute approximate surface area is 177 Å². The van der Waals surface area contributed by atoms with Gasteiger partial charge in [0, 0.05) is 38.2 Å². The zero-order chi connectivity index (χ0) is 21.9. The Hall–Kier alpha value is -2.71. The quantitative estimate of drug-likeness (QED) is 0.706. The molecular weight excluding hydrogens is 402 g/mol. The number of rotatable bonds is 7. The van der Waals surface area contributed by atoms with Crippen molar-refractivity contribution in [3.8, 4) is 0 Å². The number of nitrogens with zero attached hydrogens (tertiary/aromatic N) is 1. The first-order chi connectivity index (χ1) is 14.2. The third-order valence-electron chi connectivity index (χ3n) is 5.17. The van der Waals surface area contributed by atoms with Crippen LogP contribution in [0.25, 0.3) is 0 Å². The van der Waals surface area contributed by atoms with Crippen LogP contribution in [0.4, 0.5) is 5.69 Å². The molecule has 1 heterocycles. The van der Waals surface area contributed by atoms with Crippen molar-refractivity contribution in [2.45, 2.75) is 51.1 Å². The van der Waals surface area contributed by atoms with Gasteiger partial charge in [-0.1, -0.05) is 29.8 Å². The van der Waals surface area contributed by atoms with E-state index >= 15 is 0 Å². The van der Waals surface area contributed by atoms with Crippen LogP contribution in [0, 0.1) is 6.92 Å². The normalized spacial score (nSPS) is 15.7. The fourth-order valence-corrected chi connectivity index (χ4v) is 4.71. The Balaban J connectivity index is 1.54. The van der Waals surface area contributed by atoms with E-state index in [1.165, 1.54) is 13.0 Å². The van der Waals surface area contributed by atoms with Gasteiger partial charge in [0.15, 0.2) is 0 Å². The molecule has 1 aliphatic rings. The van der Waals surface area contributed by atoms with Gasteiger partial charge in [-0.15, -0.1) is 0 Å². The minimum atomic E-state index is -3.74. The Morgan fingerprint density at radius 3 is 2.50 bits per heavy atom. The molecule has 2 amide bonds. The number of anilines is 1. The Kier molecular flexibility index (Phi) is 6.58. The molecule has 7 nitrogen and oxygen atoms in total. The number of amides is 2. The van der Waals surface area contributed by atoms with Crippen LogP contribution in [0.1, 0.15) is 37.0 Å². The van der Waals surface area contributed by atoms with Crippen LogP contribution < -0.4 is 14.9 Å². The lowest BCUT2D eigenvalue weighted by Crippen LogP contribution is -2.33. The van der Waals surface area contributed by atoms with E-state index in [1.807, 2.05) is 38.1 Å². The lowest BCUT2D eigenvalue weighted by atomic mass is 10.1. The highest BCUT2D eigenvalue weighted by Gasteiger charge is 2.30. The van der Waals surface area contributed by atoms with E-state index in [0.717, 1.165) is 22.4 Å². The molecule has 2 aromatic rings. The van der Waals surface area contributed by atoms with Crippen LogP contribution in [-0.4, -0.2) is 32.8 Å². The van der Waals surface area contributed by atoms with Crippen LogP contribution in [0.5, 0.6) is 0 Å². The van der Waals surface area contributed by atoms with Gasteiger partial charge in [-0.05, 0) is 49.6 Å². The number of sulfonamides is 1. The summed E-state index contributed by atoms with van der Waals surface area (Å²) in [5, 5.41) is 2.79. The highest BCUT2D eigenvalue weighted by molar-refractivity contribution is 7.89. The summed E-state index contributed by atoms with van der Waals surface area (Å²) in [5.74, 6) is -0.287. The molecule has 0 aliphatic carbocycles. The van der Waals surface area contributed by atoms with Gasteiger partial charge in [-0.2, -0.15) is 0 Å². The molecule has 1 atom stereocenters. The van der Waals surface area contributed by atoms with Gasteiger partial charge in [0.25, 0.3) is 0 Å². The second-order valence-electron chi connectivity index (χ2n) is 7.64. The maximum atomic E-state index is 12.6. The van der Waals surface area contributed by atoms with Crippen LogP contribution in [0.2, 0.25) is 0 Å². The molecule has 0 bridgehead atoms. The number of hydrogen-bond donors (Lipinski definition) is 2. The summed E-state index contributed by atoms with van der Waals surface area (Å²) in [7, 11) is -3.74. The number of hydrogen-bond acceptors (Lipinski definition) is 4. The number of nitrogens with one attached hydrogen (secondary N) is 2. The zero-order valence-corrected chi connectivity index (χ0v) is 18.3. The third-order valence-corrected chi connectivity index (χ3v) is 6.63. The van der Waals surface area contributed by atoms with E-state index in [1.54, 1.807) is 17.0 Å². The Bertz CT molecular complexity index is 1050. The van der Waals surface area contributed by atoms with E-state index in [9.17, 15) is 18.0 Å². The lowest BCUT2D eigenvalue weighted by Gasteiger charge is -2.20. The van der Waals surface area contributed by atoms with Gasteiger partial charge >= 0.3 is 0 Å². The highest BCUT2D eigenvalue weighted by Crippen LogP contribution is 2.33. The largest absolute Gasteiger partial charge is 0.352 e. The Morgan fingerprint density at radius 1 is 1.13 bits per heavy atom. The summed E-state index contributed by atoms with van der Waals surface area (Å²) in [6.07, 6.45) is 0.658. The maximum absolute atomic E-state index is 12.6. The van der Waals surface area contributed by atoms with Gasteiger partial charge in [-0.3, -0.25) is 9.59 Å². The van der Waals surface area contributed by atoms with Crippen molar-refractivity contribution in [2.24, 2.45) is 0 Å². The van der Waals surface area contributed by atoms with E-state index < -0.39 is 10.0 Å². The topological polar surface area (TPSA) is 95.6 Å². The lowest BCUT2D eigenvalue weighted by molar-refractivity contribution is -0.121. The smallest absolute Gasteiger partial charge is 0.240 e. The van der Waals surface area contributed by atoms with Crippen LogP contribution >= 0.6 is 0 Å². The molecule has 3 rings (SSSR count). The average Bonchev–Trinajstić information content (AvgIpc) is 3.02. The maximum Gasteiger partial charge on any atom is 0.240 e. The summed E-state index contributed by atoms with van der Waals surface area (Å²) in [4.78, 5) is 25.7. The van der Waals surface area contributed by atoms with Gasteiger partial charge in [0.05, 0.1) is 4.90 Å². The average molecular weight is 430 g/mol. The van der Waals surface area contributed by atoms with Crippen molar-refractivity contribution >= 4 is 27.5 Å². The van der Waals surface area contributed by atoms with E-state index in [2.05, 4.69) is 10.0 Å². The van der Waals surface area contributed by atoms with E-state index in [0.29, 0.717) is 13.0 Å². The summed E-state index contributed by atoms with van der Waals surface area (Å²) in [5.41, 5.74) is 3.72. The van der Waals surface area contributed by atoms with Gasteiger partial charge in [-0.25, -0.2) is 13.1 Å². The molecule has 0 aromatic heterocycles. The van der Waals surface area contributed by atoms with Crippen molar-refractivity contribution in [3.63, 3.8) is 0 Å². The van der Waals surface area contributed by atoms with Crippen molar-refractivity contribution < 1.29 is 18.0 Å². The molecule has 2 N–H and O–H groups in total. The molecule has 0 saturated carbocycles. The fraction of sp³-hybridized carbons (Fsp3) is 0.364. The van der Waals surface area contributed by atoms with Crippen LogP contribution in [0.3, 0.4) is 0 Å². The molecule has 2 aromatic carbocycles. The summed E-state index contributed by atoms with van der Waals surface area (Å²) >= 11 is 0. The van der Waals surface area contributed by atoms with Gasteiger partial charge in [0.2, 0.25) is 21.8 Å². The van der Waals surface area contributed by atoms with Crippen molar-refractivity contribution in [1.29, 1.82) is 0 Å². The van der Waals surface area contributed by atoms with Crippen molar-refractivity contribution in [3.05, 3.63) is 59.2 Å². The van der Waals surface area contributed by atoms with Crippen molar-refractivity contribution in [1.82, 2.24) is 10.0 Å². The number of aryl methyl sites for hydroxylation is 1. The van der Waals surface area contributed by atoms with E-state index in [4.69, 9.17) is 0 Å². The summed E-state index contributed by atoms with van der Waals surface area (Å²) in [6.45, 7) is 5.84. The van der Waals surface area contributed by atoms with Crippen LogP contribution in [0.15, 0.2) is 47.4 Å². The molecule has 0 saturated heterocycles. The predicted molar refractivity (Wildman–Crippen MR) is 116 cm³/mol. The molecule has 0 fully saturated rings. The SMILES string of the molecule is CC(=O)N1c2ccc(S(=O)(=O)NCCC(=O)NCc3ccc(C)cc3)cc2C[C@@H]1C. The molecule has 0 unspecified atom stereocenters. The third kappa shape index (κ3) is 5.06. The molecule has 8 heteroatoms. The standard InChI is InChI=1S/C22H27N3O4S/c1-15-4-6-18(7-5-15)14-23-22(27)10-11-24-30(28,29)20-8-9-21-19(13-20)12-16(2)25(21)17(3)26/h4-9,13,16,24H,10-12,14H2,1-3H3,(H,23,27)/t16-/m0/s1. The molecule has 1 aliphatic heterocycles. The molecule has 30 heavy (non-hydrogen) atoms. The van der Waals surface area contributed by atoms with E-state index in [-0.39, 0.29) is 35.7 Å². The van der Waals surface area contributed by atoms with Crippen molar-refractivity contribution in [2.75, 3.05) is 11.4 Å². The zero-order valence-electron chi connectivity index (χ0n) is 17.4. The first kappa shape index (κ1) is 22.0. The molecule has 160 valence electrons. The molecular formula is C22H27N3O4S. The second kappa shape index (κ2) is 8.97. The fourth-order valence-electron chi connectivity index (χ4n) is 3.63. The molecule has 0 spiro atoms. The highest BCUT2D eigenvalue weighted by atomic mass is 32.2. The van der Waals surface area contributed by atoms with Gasteiger partial charge in [0.1, 0.15) is 0 Å². The first-order valence-corrected chi connectivity index (χ1v) is 11.4. The predicted octanol–water partition coefficient (Wildman–Crippen LogP) is 2.28. The minimum Gasteiger partial charge on any atom is -0.352 e. The second-order valence-corrected chi connectivity index (χ2v) is 9.41. The summed E-state index contributed by atoms with van der Waals surface area (Å²) in [6, 6.07) is 12.6. The number of carbonyl (C=O) groups excluding carboxylic acids is 2. The minimum absolute atomic E-state index is 0.000591. The number of benzene rings is 2. The number of carbonyl (C=O) groups is 2. The number of fused-ring (bicyclic) bond motifs is 1. The Morgan fingerprint density at radius 2 is 1.83 bits per heavy atom. The monoisotopic (exact) mass is 429 g/mol. The van der Waals surface area contributed by atoms with Crippen LogP contribution in [-0.2, 0) is 32.6 Å². The van der Waals surface area contributed by atoms with Gasteiger partial charge < -0.3 is 10.2 Å². The first-order valence-electron chi connectivity index (χ1n) is 9.92.